The maximum atomic E-state index is 8.80. The predicted octanol–water partition coefficient (Wildman–Crippen LogP) is 1.94. The lowest BCUT2D eigenvalue weighted by Crippen LogP contribution is -2.10. The van der Waals surface area contributed by atoms with E-state index in [1.807, 2.05) is 12.1 Å². The SMILES string of the molecule is OCCCc1cccc2c1CCCO2. The number of hydrogen-bond donors (Lipinski definition) is 1. The minimum atomic E-state index is 0.268. The third-order valence-electron chi connectivity index (χ3n) is 2.66. The molecule has 2 heteroatoms. The van der Waals surface area contributed by atoms with Crippen LogP contribution in [0.15, 0.2) is 18.2 Å². The summed E-state index contributed by atoms with van der Waals surface area (Å²) in [6, 6.07) is 6.22. The van der Waals surface area contributed by atoms with Gasteiger partial charge in [-0.1, -0.05) is 12.1 Å². The highest BCUT2D eigenvalue weighted by atomic mass is 16.5. The van der Waals surface area contributed by atoms with Crippen molar-refractivity contribution in [3.8, 4) is 5.75 Å². The van der Waals surface area contributed by atoms with Gasteiger partial charge in [0.25, 0.3) is 0 Å². The fraction of sp³-hybridized carbons (Fsp3) is 0.500. The Kier molecular flexibility index (Phi) is 3.04. The molecule has 0 unspecified atom stereocenters. The molecule has 0 bridgehead atoms. The second-order valence-corrected chi connectivity index (χ2v) is 3.67. The summed E-state index contributed by atoms with van der Waals surface area (Å²) in [5, 5.41) is 8.80. The monoisotopic (exact) mass is 192 g/mol. The number of rotatable bonds is 3. The van der Waals surface area contributed by atoms with Gasteiger partial charge in [0.15, 0.2) is 0 Å². The molecule has 0 aromatic heterocycles. The molecule has 0 saturated carbocycles. The maximum absolute atomic E-state index is 8.80. The zero-order chi connectivity index (χ0) is 9.80. The first kappa shape index (κ1) is 9.53. The van der Waals surface area contributed by atoms with Crippen molar-refractivity contribution in [1.29, 1.82) is 0 Å². The molecule has 0 aliphatic carbocycles. The van der Waals surface area contributed by atoms with Crippen molar-refractivity contribution in [1.82, 2.24) is 0 Å². The smallest absolute Gasteiger partial charge is 0.122 e. The summed E-state index contributed by atoms with van der Waals surface area (Å²) in [5.74, 6) is 1.05. The maximum Gasteiger partial charge on any atom is 0.122 e. The van der Waals surface area contributed by atoms with E-state index in [4.69, 9.17) is 9.84 Å². The van der Waals surface area contributed by atoms with Crippen molar-refractivity contribution in [2.75, 3.05) is 13.2 Å². The molecule has 2 nitrogen and oxygen atoms in total. The largest absolute Gasteiger partial charge is 0.493 e. The average molecular weight is 192 g/mol. The number of hydrogen-bond acceptors (Lipinski definition) is 2. The molecule has 0 spiro atoms. The molecule has 0 fully saturated rings. The van der Waals surface area contributed by atoms with Crippen molar-refractivity contribution in [3.63, 3.8) is 0 Å². The topological polar surface area (TPSA) is 29.5 Å². The van der Waals surface area contributed by atoms with Crippen molar-refractivity contribution in [2.24, 2.45) is 0 Å². The quantitative estimate of drug-likeness (QED) is 0.793. The van der Waals surface area contributed by atoms with Crippen LogP contribution in [0.5, 0.6) is 5.75 Å². The van der Waals surface area contributed by atoms with Gasteiger partial charge in [0.05, 0.1) is 6.61 Å². The van der Waals surface area contributed by atoms with Crippen molar-refractivity contribution < 1.29 is 9.84 Å². The average Bonchev–Trinajstić information content (AvgIpc) is 2.26. The van der Waals surface area contributed by atoms with Gasteiger partial charge < -0.3 is 9.84 Å². The molecule has 0 radical (unpaired) electrons. The second-order valence-electron chi connectivity index (χ2n) is 3.67. The fourth-order valence-corrected chi connectivity index (χ4v) is 1.96. The number of aliphatic hydroxyl groups is 1. The summed E-state index contributed by atoms with van der Waals surface area (Å²) < 4.78 is 5.58. The Morgan fingerprint density at radius 1 is 1.36 bits per heavy atom. The minimum absolute atomic E-state index is 0.268. The van der Waals surface area contributed by atoms with Crippen LogP contribution in [0.1, 0.15) is 24.0 Å². The van der Waals surface area contributed by atoms with Crippen LogP contribution in [-0.4, -0.2) is 18.3 Å². The molecular weight excluding hydrogens is 176 g/mol. The second kappa shape index (κ2) is 4.47. The third-order valence-corrected chi connectivity index (χ3v) is 2.66. The Bertz CT molecular complexity index is 307. The summed E-state index contributed by atoms with van der Waals surface area (Å²) in [5.41, 5.74) is 2.70. The van der Waals surface area contributed by atoms with Crippen molar-refractivity contribution in [2.45, 2.75) is 25.7 Å². The van der Waals surface area contributed by atoms with E-state index in [9.17, 15) is 0 Å². The molecule has 2 rings (SSSR count). The zero-order valence-corrected chi connectivity index (χ0v) is 8.33. The summed E-state index contributed by atoms with van der Waals surface area (Å²) in [4.78, 5) is 0. The highest BCUT2D eigenvalue weighted by Crippen LogP contribution is 2.28. The number of ether oxygens (including phenoxy) is 1. The van der Waals surface area contributed by atoms with E-state index in [-0.39, 0.29) is 6.61 Å². The molecule has 14 heavy (non-hydrogen) atoms. The first-order valence-electron chi connectivity index (χ1n) is 5.26. The lowest BCUT2D eigenvalue weighted by molar-refractivity contribution is 0.282. The standard InChI is InChI=1S/C12H16O2/c13-8-2-5-10-4-1-7-12-11(10)6-3-9-14-12/h1,4,7,13H,2-3,5-6,8-9H2. The van der Waals surface area contributed by atoms with Crippen LogP contribution < -0.4 is 4.74 Å². The van der Waals surface area contributed by atoms with Crippen molar-refractivity contribution >= 4 is 0 Å². The lowest BCUT2D eigenvalue weighted by Gasteiger charge is -2.19. The van der Waals surface area contributed by atoms with Gasteiger partial charge in [0.2, 0.25) is 0 Å². The van der Waals surface area contributed by atoms with Gasteiger partial charge in [0.1, 0.15) is 5.75 Å². The van der Waals surface area contributed by atoms with Gasteiger partial charge in [-0.05, 0) is 42.9 Å². The van der Waals surface area contributed by atoms with Gasteiger partial charge in [-0.15, -0.1) is 0 Å². The van der Waals surface area contributed by atoms with E-state index in [1.165, 1.54) is 11.1 Å². The molecule has 1 heterocycles. The molecule has 76 valence electrons. The minimum Gasteiger partial charge on any atom is -0.493 e. The number of fused-ring (bicyclic) bond motifs is 1. The first-order chi connectivity index (χ1) is 6.92. The normalized spacial score (nSPS) is 14.6. The third kappa shape index (κ3) is 1.90. The van der Waals surface area contributed by atoms with Gasteiger partial charge in [-0.2, -0.15) is 0 Å². The van der Waals surface area contributed by atoms with E-state index >= 15 is 0 Å². The van der Waals surface area contributed by atoms with Crippen LogP contribution in [0.3, 0.4) is 0 Å². The molecule has 0 atom stereocenters. The molecule has 1 aliphatic heterocycles. The molecule has 1 N–H and O–H groups in total. The number of benzene rings is 1. The fourth-order valence-electron chi connectivity index (χ4n) is 1.96. The Morgan fingerprint density at radius 2 is 2.29 bits per heavy atom. The Morgan fingerprint density at radius 3 is 3.14 bits per heavy atom. The van der Waals surface area contributed by atoms with Crippen LogP contribution in [-0.2, 0) is 12.8 Å². The molecular formula is C12H16O2. The highest BCUT2D eigenvalue weighted by Gasteiger charge is 2.13. The van der Waals surface area contributed by atoms with Gasteiger partial charge in [0, 0.05) is 6.61 Å². The first-order valence-corrected chi connectivity index (χ1v) is 5.26. The van der Waals surface area contributed by atoms with E-state index in [1.54, 1.807) is 0 Å². The van der Waals surface area contributed by atoms with E-state index in [2.05, 4.69) is 6.07 Å². The van der Waals surface area contributed by atoms with E-state index < -0.39 is 0 Å². The summed E-state index contributed by atoms with van der Waals surface area (Å²) in [6.45, 7) is 1.11. The predicted molar refractivity (Wildman–Crippen MR) is 55.7 cm³/mol. The van der Waals surface area contributed by atoms with Crippen LogP contribution in [0.2, 0.25) is 0 Å². The van der Waals surface area contributed by atoms with Crippen LogP contribution in [0, 0.1) is 0 Å². The van der Waals surface area contributed by atoms with Crippen LogP contribution >= 0.6 is 0 Å². The number of aliphatic hydroxyl groups excluding tert-OH is 1. The molecule has 0 amide bonds. The Labute approximate surface area is 84.5 Å². The molecule has 1 aliphatic rings. The van der Waals surface area contributed by atoms with Gasteiger partial charge in [-0.25, -0.2) is 0 Å². The van der Waals surface area contributed by atoms with E-state index in [0.29, 0.717) is 0 Å². The zero-order valence-electron chi connectivity index (χ0n) is 8.33. The summed E-state index contributed by atoms with van der Waals surface area (Å²) in [6.07, 6.45) is 4.04. The summed E-state index contributed by atoms with van der Waals surface area (Å²) >= 11 is 0. The number of aryl methyl sites for hydroxylation is 1. The Balaban J connectivity index is 2.21. The molecule has 1 aromatic rings. The van der Waals surface area contributed by atoms with Crippen LogP contribution in [0.4, 0.5) is 0 Å². The highest BCUT2D eigenvalue weighted by molar-refractivity contribution is 5.41. The molecule has 1 aromatic carbocycles. The summed E-state index contributed by atoms with van der Waals surface area (Å²) in [7, 11) is 0. The van der Waals surface area contributed by atoms with Gasteiger partial charge in [-0.3, -0.25) is 0 Å². The van der Waals surface area contributed by atoms with Crippen LogP contribution in [0.25, 0.3) is 0 Å². The van der Waals surface area contributed by atoms with Gasteiger partial charge >= 0.3 is 0 Å². The lowest BCUT2D eigenvalue weighted by atomic mass is 9.97. The van der Waals surface area contributed by atoms with E-state index in [0.717, 1.165) is 38.0 Å². The Hall–Kier alpha value is -1.02. The molecule has 0 saturated heterocycles. The van der Waals surface area contributed by atoms with Crippen molar-refractivity contribution in [3.05, 3.63) is 29.3 Å².